The molecule has 2 rings (SSSR count). The summed E-state index contributed by atoms with van der Waals surface area (Å²) in [6, 6.07) is 6.09. The van der Waals surface area contributed by atoms with Gasteiger partial charge < -0.3 is 5.32 Å². The molecule has 0 atom stereocenters. The standard InChI is InChI=1S/C13H14N6S/c1-2-16-12-10-3-8-20-13(10)18-11(17-12)9-19(6-4-14)7-5-15/h3,8H,2,6-7,9H2,1H3,(H,16,17,18). The second-order valence-corrected chi connectivity index (χ2v) is 5.01. The first-order valence-corrected chi connectivity index (χ1v) is 7.10. The van der Waals surface area contributed by atoms with Crippen molar-refractivity contribution >= 4 is 27.4 Å². The van der Waals surface area contributed by atoms with Crippen LogP contribution in [0.2, 0.25) is 0 Å². The number of aromatic nitrogens is 2. The average molecular weight is 286 g/mol. The zero-order valence-electron chi connectivity index (χ0n) is 11.1. The lowest BCUT2D eigenvalue weighted by Gasteiger charge is -2.14. The third kappa shape index (κ3) is 3.21. The molecule has 20 heavy (non-hydrogen) atoms. The van der Waals surface area contributed by atoms with E-state index in [1.54, 1.807) is 16.2 Å². The molecular formula is C13H14N6S. The molecule has 2 aromatic heterocycles. The van der Waals surface area contributed by atoms with Crippen LogP contribution in [-0.4, -0.2) is 34.5 Å². The number of thiophene rings is 1. The zero-order chi connectivity index (χ0) is 14.4. The van der Waals surface area contributed by atoms with Crippen molar-refractivity contribution in [2.24, 2.45) is 0 Å². The van der Waals surface area contributed by atoms with E-state index in [-0.39, 0.29) is 13.1 Å². The van der Waals surface area contributed by atoms with E-state index in [9.17, 15) is 0 Å². The fourth-order valence-electron chi connectivity index (χ4n) is 1.84. The van der Waals surface area contributed by atoms with Gasteiger partial charge in [-0.25, -0.2) is 9.97 Å². The number of fused-ring (bicyclic) bond motifs is 1. The molecule has 0 unspecified atom stereocenters. The van der Waals surface area contributed by atoms with Gasteiger partial charge in [-0.05, 0) is 18.4 Å². The second-order valence-electron chi connectivity index (χ2n) is 4.12. The summed E-state index contributed by atoms with van der Waals surface area (Å²) < 4.78 is 0. The van der Waals surface area contributed by atoms with Gasteiger partial charge in [-0.2, -0.15) is 10.5 Å². The molecule has 0 saturated carbocycles. The summed E-state index contributed by atoms with van der Waals surface area (Å²) in [6.07, 6.45) is 0. The molecule has 0 radical (unpaired) electrons. The molecule has 0 aromatic carbocycles. The predicted molar refractivity (Wildman–Crippen MR) is 78.1 cm³/mol. The minimum absolute atomic E-state index is 0.190. The lowest BCUT2D eigenvalue weighted by Crippen LogP contribution is -2.25. The molecule has 102 valence electrons. The molecule has 7 heteroatoms. The largest absolute Gasteiger partial charge is 0.370 e. The smallest absolute Gasteiger partial charge is 0.146 e. The Morgan fingerprint density at radius 2 is 2.05 bits per heavy atom. The summed E-state index contributed by atoms with van der Waals surface area (Å²) in [5, 5.41) is 23.7. The quantitative estimate of drug-likeness (QED) is 0.817. The molecule has 0 spiro atoms. The van der Waals surface area contributed by atoms with Crippen LogP contribution in [0, 0.1) is 22.7 Å². The molecule has 0 saturated heterocycles. The highest BCUT2D eigenvalue weighted by Gasteiger charge is 2.12. The van der Waals surface area contributed by atoms with Gasteiger partial charge in [0.25, 0.3) is 0 Å². The molecule has 0 aliphatic carbocycles. The first kappa shape index (κ1) is 14.2. The van der Waals surface area contributed by atoms with Gasteiger partial charge in [0.15, 0.2) is 0 Å². The molecule has 6 nitrogen and oxygen atoms in total. The topological polar surface area (TPSA) is 88.6 Å². The SMILES string of the molecule is CCNc1nc(CN(CC#N)CC#N)nc2sccc12. The Bertz CT molecular complexity index is 650. The molecular weight excluding hydrogens is 272 g/mol. The van der Waals surface area contributed by atoms with E-state index in [0.29, 0.717) is 12.4 Å². The summed E-state index contributed by atoms with van der Waals surface area (Å²) in [6.45, 7) is 3.57. The average Bonchev–Trinajstić information content (AvgIpc) is 2.88. The van der Waals surface area contributed by atoms with Crippen LogP contribution in [-0.2, 0) is 6.54 Å². The number of hydrogen-bond acceptors (Lipinski definition) is 7. The molecule has 0 bridgehead atoms. The van der Waals surface area contributed by atoms with E-state index >= 15 is 0 Å². The number of nitriles is 2. The Balaban J connectivity index is 2.29. The minimum atomic E-state index is 0.190. The lowest BCUT2D eigenvalue weighted by molar-refractivity contribution is 0.326. The Morgan fingerprint density at radius 1 is 1.30 bits per heavy atom. The van der Waals surface area contributed by atoms with Crippen LogP contribution in [0.4, 0.5) is 5.82 Å². The molecule has 1 N–H and O–H groups in total. The maximum atomic E-state index is 8.77. The van der Waals surface area contributed by atoms with Crippen LogP contribution >= 0.6 is 11.3 Å². The van der Waals surface area contributed by atoms with E-state index in [2.05, 4.69) is 27.4 Å². The van der Waals surface area contributed by atoms with Gasteiger partial charge in [0.2, 0.25) is 0 Å². The van der Waals surface area contributed by atoms with Crippen molar-refractivity contribution in [3.05, 3.63) is 17.3 Å². The number of hydrogen-bond donors (Lipinski definition) is 1. The Labute approximate surface area is 121 Å². The Hall–Kier alpha value is -2.22. The van der Waals surface area contributed by atoms with E-state index in [1.807, 2.05) is 18.4 Å². The molecule has 2 heterocycles. The third-order valence-corrected chi connectivity index (χ3v) is 3.48. The van der Waals surface area contributed by atoms with Crippen molar-refractivity contribution in [2.45, 2.75) is 13.5 Å². The minimum Gasteiger partial charge on any atom is -0.370 e. The van der Waals surface area contributed by atoms with Crippen molar-refractivity contribution in [3.8, 4) is 12.1 Å². The van der Waals surface area contributed by atoms with Gasteiger partial charge in [0.1, 0.15) is 16.5 Å². The van der Waals surface area contributed by atoms with Crippen molar-refractivity contribution < 1.29 is 0 Å². The summed E-state index contributed by atoms with van der Waals surface area (Å²) in [7, 11) is 0. The summed E-state index contributed by atoms with van der Waals surface area (Å²) >= 11 is 1.56. The number of nitrogens with zero attached hydrogens (tertiary/aromatic N) is 5. The van der Waals surface area contributed by atoms with Gasteiger partial charge in [-0.3, -0.25) is 4.90 Å². The lowest BCUT2D eigenvalue weighted by atomic mass is 10.3. The summed E-state index contributed by atoms with van der Waals surface area (Å²) in [5.41, 5.74) is 0. The third-order valence-electron chi connectivity index (χ3n) is 2.67. The molecule has 0 amide bonds. The molecule has 0 fully saturated rings. The highest BCUT2D eigenvalue weighted by molar-refractivity contribution is 7.16. The molecule has 2 aromatic rings. The Kier molecular flexibility index (Phi) is 4.83. The van der Waals surface area contributed by atoms with Crippen LogP contribution in [0.3, 0.4) is 0 Å². The fourth-order valence-corrected chi connectivity index (χ4v) is 2.62. The molecule has 0 aliphatic rings. The monoisotopic (exact) mass is 286 g/mol. The van der Waals surface area contributed by atoms with Gasteiger partial charge in [0.05, 0.1) is 37.2 Å². The predicted octanol–water partition coefficient (Wildman–Crippen LogP) is 1.97. The van der Waals surface area contributed by atoms with Crippen LogP contribution < -0.4 is 5.32 Å². The normalized spacial score (nSPS) is 10.4. The maximum absolute atomic E-state index is 8.77. The van der Waals surface area contributed by atoms with E-state index in [4.69, 9.17) is 10.5 Å². The first-order chi connectivity index (χ1) is 9.78. The van der Waals surface area contributed by atoms with Gasteiger partial charge in [-0.15, -0.1) is 11.3 Å². The van der Waals surface area contributed by atoms with Gasteiger partial charge >= 0.3 is 0 Å². The number of anilines is 1. The van der Waals surface area contributed by atoms with E-state index in [1.165, 1.54) is 0 Å². The maximum Gasteiger partial charge on any atom is 0.146 e. The van der Waals surface area contributed by atoms with Crippen LogP contribution in [0.25, 0.3) is 10.2 Å². The van der Waals surface area contributed by atoms with Crippen molar-refractivity contribution in [2.75, 3.05) is 25.0 Å². The zero-order valence-corrected chi connectivity index (χ0v) is 11.9. The summed E-state index contributed by atoms with van der Waals surface area (Å²) in [5.74, 6) is 1.43. The number of rotatable bonds is 6. The van der Waals surface area contributed by atoms with Crippen molar-refractivity contribution in [1.29, 1.82) is 10.5 Å². The fraction of sp³-hybridized carbons (Fsp3) is 0.385. The second kappa shape index (κ2) is 6.80. The van der Waals surface area contributed by atoms with Crippen molar-refractivity contribution in [3.63, 3.8) is 0 Å². The van der Waals surface area contributed by atoms with Crippen molar-refractivity contribution in [1.82, 2.24) is 14.9 Å². The van der Waals surface area contributed by atoms with Gasteiger partial charge in [0, 0.05) is 6.54 Å². The van der Waals surface area contributed by atoms with E-state index < -0.39 is 0 Å². The molecule has 0 aliphatic heterocycles. The van der Waals surface area contributed by atoms with Crippen LogP contribution in [0.15, 0.2) is 11.4 Å². The Morgan fingerprint density at radius 3 is 2.70 bits per heavy atom. The number of nitrogens with one attached hydrogen (secondary N) is 1. The van der Waals surface area contributed by atoms with E-state index in [0.717, 1.165) is 22.6 Å². The highest BCUT2D eigenvalue weighted by Crippen LogP contribution is 2.25. The summed E-state index contributed by atoms with van der Waals surface area (Å²) in [4.78, 5) is 11.6. The highest BCUT2D eigenvalue weighted by atomic mass is 32.1. The van der Waals surface area contributed by atoms with Gasteiger partial charge in [-0.1, -0.05) is 0 Å². The van der Waals surface area contributed by atoms with Crippen LogP contribution in [0.5, 0.6) is 0 Å². The van der Waals surface area contributed by atoms with Crippen LogP contribution in [0.1, 0.15) is 12.7 Å². The first-order valence-electron chi connectivity index (χ1n) is 6.22.